The molecule has 0 aromatic rings. The van der Waals surface area contributed by atoms with E-state index in [1.807, 2.05) is 25.7 Å². The van der Waals surface area contributed by atoms with Gasteiger partial charge in [0, 0.05) is 19.1 Å². The Labute approximate surface area is 110 Å². The van der Waals surface area contributed by atoms with Crippen LogP contribution in [0.5, 0.6) is 0 Å². The minimum Gasteiger partial charge on any atom is -0.444 e. The van der Waals surface area contributed by atoms with Gasteiger partial charge >= 0.3 is 6.09 Å². The zero-order valence-electron chi connectivity index (χ0n) is 11.9. The molecule has 2 aliphatic rings. The number of hydrogen-bond acceptors (Lipinski definition) is 3. The van der Waals surface area contributed by atoms with Gasteiger partial charge in [-0.1, -0.05) is 6.42 Å². The number of carbonyl (C=O) groups is 1. The quantitative estimate of drug-likeness (QED) is 0.720. The highest BCUT2D eigenvalue weighted by molar-refractivity contribution is 5.68. The molecule has 2 saturated heterocycles. The van der Waals surface area contributed by atoms with E-state index in [4.69, 9.17) is 4.74 Å². The largest absolute Gasteiger partial charge is 0.444 e. The first-order chi connectivity index (χ1) is 8.46. The molecule has 1 atom stereocenters. The lowest BCUT2D eigenvalue weighted by Crippen LogP contribution is -2.42. The van der Waals surface area contributed by atoms with Gasteiger partial charge in [0.25, 0.3) is 0 Å². The Hall–Kier alpha value is -0.770. The highest BCUT2D eigenvalue weighted by Gasteiger charge is 2.33. The number of rotatable bonds is 1. The normalized spacial score (nSPS) is 26.4. The van der Waals surface area contributed by atoms with E-state index in [0.29, 0.717) is 6.04 Å². The highest BCUT2D eigenvalue weighted by Crippen LogP contribution is 2.21. The molecule has 18 heavy (non-hydrogen) atoms. The van der Waals surface area contributed by atoms with Crippen molar-refractivity contribution in [1.82, 2.24) is 9.80 Å². The Kier molecular flexibility index (Phi) is 4.15. The predicted octanol–water partition coefficient (Wildman–Crippen LogP) is 2.48. The van der Waals surface area contributed by atoms with Crippen molar-refractivity contribution < 1.29 is 9.53 Å². The van der Waals surface area contributed by atoms with E-state index in [0.717, 1.165) is 19.5 Å². The summed E-state index contributed by atoms with van der Waals surface area (Å²) >= 11 is 0. The van der Waals surface area contributed by atoms with Gasteiger partial charge in [-0.25, -0.2) is 4.79 Å². The molecular formula is C14H26N2O2. The number of amides is 1. The number of hydrogen-bond donors (Lipinski definition) is 0. The van der Waals surface area contributed by atoms with Crippen molar-refractivity contribution in [2.24, 2.45) is 0 Å². The zero-order chi connectivity index (χ0) is 13.2. The van der Waals surface area contributed by atoms with Crippen LogP contribution in [0.1, 0.15) is 46.5 Å². The van der Waals surface area contributed by atoms with Gasteiger partial charge in [0.05, 0.1) is 0 Å². The lowest BCUT2D eigenvalue weighted by atomic mass is 10.1. The van der Waals surface area contributed by atoms with Gasteiger partial charge in [0.2, 0.25) is 0 Å². The van der Waals surface area contributed by atoms with E-state index in [-0.39, 0.29) is 11.7 Å². The fourth-order valence-corrected chi connectivity index (χ4v) is 2.82. The summed E-state index contributed by atoms with van der Waals surface area (Å²) < 4.78 is 5.43. The molecule has 4 nitrogen and oxygen atoms in total. The summed E-state index contributed by atoms with van der Waals surface area (Å²) in [6.07, 6.45) is 4.92. The Morgan fingerprint density at radius 3 is 2.39 bits per heavy atom. The van der Waals surface area contributed by atoms with Crippen LogP contribution in [0.15, 0.2) is 0 Å². The maximum Gasteiger partial charge on any atom is 0.410 e. The van der Waals surface area contributed by atoms with Crippen LogP contribution in [0.25, 0.3) is 0 Å². The minimum atomic E-state index is -0.389. The van der Waals surface area contributed by atoms with Crippen molar-refractivity contribution in [3.05, 3.63) is 0 Å². The summed E-state index contributed by atoms with van der Waals surface area (Å²) in [5, 5.41) is 0. The second-order valence-corrected chi connectivity index (χ2v) is 6.47. The van der Waals surface area contributed by atoms with Gasteiger partial charge in [-0.05, 0) is 53.1 Å². The van der Waals surface area contributed by atoms with Crippen LogP contribution >= 0.6 is 0 Å². The summed E-state index contributed by atoms with van der Waals surface area (Å²) in [6, 6.07) is 0.554. The van der Waals surface area contributed by atoms with Crippen molar-refractivity contribution in [2.45, 2.75) is 58.1 Å². The van der Waals surface area contributed by atoms with Crippen LogP contribution in [0.3, 0.4) is 0 Å². The van der Waals surface area contributed by atoms with Crippen LogP contribution in [0.4, 0.5) is 4.79 Å². The predicted molar refractivity (Wildman–Crippen MR) is 71.6 cm³/mol. The summed E-state index contributed by atoms with van der Waals surface area (Å²) in [6.45, 7) is 9.85. The number of piperidine rings is 1. The van der Waals surface area contributed by atoms with E-state index in [1.54, 1.807) is 0 Å². The smallest absolute Gasteiger partial charge is 0.410 e. The monoisotopic (exact) mass is 254 g/mol. The van der Waals surface area contributed by atoms with Gasteiger partial charge < -0.3 is 9.64 Å². The maximum atomic E-state index is 12.0. The Balaban J connectivity index is 1.82. The SMILES string of the molecule is CC(C)(C)OC(=O)N1CC[C@@H](N2CCCCC2)C1. The van der Waals surface area contributed by atoms with Crippen LogP contribution < -0.4 is 0 Å². The van der Waals surface area contributed by atoms with E-state index < -0.39 is 0 Å². The zero-order valence-corrected chi connectivity index (χ0v) is 11.9. The van der Waals surface area contributed by atoms with Crippen LogP contribution in [0.2, 0.25) is 0 Å². The molecule has 2 fully saturated rings. The Bertz CT molecular complexity index is 293. The van der Waals surface area contributed by atoms with Crippen molar-refractivity contribution >= 4 is 6.09 Å². The molecule has 104 valence electrons. The summed E-state index contributed by atoms with van der Waals surface area (Å²) in [5.74, 6) is 0. The fraction of sp³-hybridized carbons (Fsp3) is 0.929. The lowest BCUT2D eigenvalue weighted by Gasteiger charge is -2.32. The molecule has 0 aliphatic carbocycles. The molecule has 0 spiro atoms. The maximum absolute atomic E-state index is 12.0. The van der Waals surface area contributed by atoms with Crippen LogP contribution in [-0.4, -0.2) is 53.7 Å². The summed E-state index contributed by atoms with van der Waals surface area (Å²) in [4.78, 5) is 16.4. The Morgan fingerprint density at radius 1 is 1.11 bits per heavy atom. The van der Waals surface area contributed by atoms with Crippen molar-refractivity contribution in [3.8, 4) is 0 Å². The molecule has 0 aromatic heterocycles. The molecule has 0 radical (unpaired) electrons. The second kappa shape index (κ2) is 5.47. The third-order valence-electron chi connectivity index (χ3n) is 3.72. The van der Waals surface area contributed by atoms with E-state index >= 15 is 0 Å². The standard InChI is InChI=1S/C14H26N2O2/c1-14(2,3)18-13(17)16-10-7-12(11-16)15-8-5-4-6-9-15/h12H,4-11H2,1-3H3/t12-/m1/s1. The van der Waals surface area contributed by atoms with E-state index in [1.165, 1.54) is 32.4 Å². The topological polar surface area (TPSA) is 32.8 Å². The van der Waals surface area contributed by atoms with Crippen molar-refractivity contribution in [1.29, 1.82) is 0 Å². The number of carbonyl (C=O) groups excluding carboxylic acids is 1. The summed E-state index contributed by atoms with van der Waals surface area (Å²) in [7, 11) is 0. The number of nitrogens with zero attached hydrogens (tertiary/aromatic N) is 2. The molecule has 2 rings (SSSR count). The highest BCUT2D eigenvalue weighted by atomic mass is 16.6. The molecule has 0 unspecified atom stereocenters. The average molecular weight is 254 g/mol. The van der Waals surface area contributed by atoms with Gasteiger partial charge in [0.15, 0.2) is 0 Å². The number of likely N-dealkylation sites (tertiary alicyclic amines) is 2. The molecule has 0 aromatic carbocycles. The molecule has 0 saturated carbocycles. The van der Waals surface area contributed by atoms with E-state index in [9.17, 15) is 4.79 Å². The average Bonchev–Trinajstić information content (AvgIpc) is 2.77. The minimum absolute atomic E-state index is 0.151. The molecule has 4 heteroatoms. The van der Waals surface area contributed by atoms with Crippen LogP contribution in [-0.2, 0) is 4.74 Å². The molecule has 2 aliphatic heterocycles. The molecule has 0 bridgehead atoms. The first-order valence-corrected chi connectivity index (χ1v) is 7.18. The second-order valence-electron chi connectivity index (χ2n) is 6.47. The number of ether oxygens (including phenoxy) is 1. The molecule has 0 N–H and O–H groups in total. The first kappa shape index (κ1) is 13.7. The third-order valence-corrected chi connectivity index (χ3v) is 3.72. The van der Waals surface area contributed by atoms with E-state index in [2.05, 4.69) is 4.90 Å². The first-order valence-electron chi connectivity index (χ1n) is 7.18. The van der Waals surface area contributed by atoms with Crippen molar-refractivity contribution in [3.63, 3.8) is 0 Å². The van der Waals surface area contributed by atoms with Gasteiger partial charge in [-0.2, -0.15) is 0 Å². The fourth-order valence-electron chi connectivity index (χ4n) is 2.82. The van der Waals surface area contributed by atoms with Gasteiger partial charge in [-0.3, -0.25) is 4.90 Å². The summed E-state index contributed by atoms with van der Waals surface area (Å²) in [5.41, 5.74) is -0.389. The van der Waals surface area contributed by atoms with Gasteiger partial charge in [-0.15, -0.1) is 0 Å². The molecule has 2 heterocycles. The molecular weight excluding hydrogens is 228 g/mol. The lowest BCUT2D eigenvalue weighted by molar-refractivity contribution is 0.0277. The Morgan fingerprint density at radius 2 is 1.78 bits per heavy atom. The van der Waals surface area contributed by atoms with Gasteiger partial charge in [0.1, 0.15) is 5.60 Å². The third kappa shape index (κ3) is 3.61. The molecule has 1 amide bonds. The van der Waals surface area contributed by atoms with Crippen LogP contribution in [0, 0.1) is 0 Å². The van der Waals surface area contributed by atoms with Crippen molar-refractivity contribution in [2.75, 3.05) is 26.2 Å².